The van der Waals surface area contributed by atoms with Crippen molar-refractivity contribution in [2.75, 3.05) is 10.5 Å². The van der Waals surface area contributed by atoms with Gasteiger partial charge in [0.15, 0.2) is 17.5 Å². The molecule has 21 heavy (non-hydrogen) atoms. The van der Waals surface area contributed by atoms with E-state index >= 15 is 0 Å². The van der Waals surface area contributed by atoms with Crippen LogP contribution in [0.15, 0.2) is 36.4 Å². The number of rotatable bonds is 4. The summed E-state index contributed by atoms with van der Waals surface area (Å²) in [5.74, 6) is -5.25. The molecule has 0 bridgehead atoms. The van der Waals surface area contributed by atoms with Gasteiger partial charge in [-0.2, -0.15) is 0 Å². The highest BCUT2D eigenvalue weighted by Gasteiger charge is 2.19. The van der Waals surface area contributed by atoms with Gasteiger partial charge in [-0.25, -0.2) is 21.6 Å². The molecule has 2 rings (SSSR count). The van der Waals surface area contributed by atoms with E-state index in [1.54, 1.807) is 12.1 Å². The zero-order chi connectivity index (χ0) is 15.6. The molecule has 8 heteroatoms. The fourth-order valence-corrected chi connectivity index (χ4v) is 2.92. The molecule has 2 aromatic carbocycles. The average Bonchev–Trinajstić information content (AvgIpc) is 2.42. The summed E-state index contributed by atoms with van der Waals surface area (Å²) < 4.78 is 65.0. The normalized spacial score (nSPS) is 11.4. The van der Waals surface area contributed by atoms with Gasteiger partial charge < -0.3 is 5.73 Å². The van der Waals surface area contributed by atoms with E-state index < -0.39 is 38.9 Å². The number of sulfonamides is 1. The minimum absolute atomic E-state index is 0.258. The third kappa shape index (κ3) is 3.46. The Morgan fingerprint density at radius 1 is 1.00 bits per heavy atom. The van der Waals surface area contributed by atoms with Crippen LogP contribution in [0.25, 0.3) is 0 Å². The smallest absolute Gasteiger partial charge is 0.237 e. The highest BCUT2D eigenvalue weighted by molar-refractivity contribution is 7.91. The molecule has 0 aromatic heterocycles. The predicted octanol–water partition coefficient (Wildman–Crippen LogP) is 2.63. The van der Waals surface area contributed by atoms with Crippen molar-refractivity contribution in [2.45, 2.75) is 5.75 Å². The Kier molecular flexibility index (Phi) is 4.08. The molecule has 0 radical (unpaired) electrons. The van der Waals surface area contributed by atoms with Gasteiger partial charge in [0.05, 0.1) is 11.4 Å². The van der Waals surface area contributed by atoms with Gasteiger partial charge in [-0.3, -0.25) is 4.72 Å². The summed E-state index contributed by atoms with van der Waals surface area (Å²) in [6.45, 7) is 0. The molecular formula is C13H11F3N2O2S. The van der Waals surface area contributed by atoms with Crippen LogP contribution in [-0.4, -0.2) is 8.42 Å². The third-order valence-corrected chi connectivity index (χ3v) is 3.92. The molecule has 0 fully saturated rings. The predicted molar refractivity (Wildman–Crippen MR) is 73.4 cm³/mol. The third-order valence-electron chi connectivity index (χ3n) is 2.70. The number of benzene rings is 2. The van der Waals surface area contributed by atoms with Gasteiger partial charge in [0.1, 0.15) is 0 Å². The maximum atomic E-state index is 13.4. The average molecular weight is 316 g/mol. The molecule has 3 N–H and O–H groups in total. The summed E-state index contributed by atoms with van der Waals surface area (Å²) in [4.78, 5) is 0. The lowest BCUT2D eigenvalue weighted by Gasteiger charge is -2.10. The lowest BCUT2D eigenvalue weighted by molar-refractivity contribution is 0.449. The molecule has 112 valence electrons. The summed E-state index contributed by atoms with van der Waals surface area (Å²) in [5.41, 5.74) is 5.53. The van der Waals surface area contributed by atoms with Crippen molar-refractivity contribution in [1.29, 1.82) is 0 Å². The Balaban J connectivity index is 2.27. The van der Waals surface area contributed by atoms with Crippen LogP contribution in [-0.2, 0) is 15.8 Å². The van der Waals surface area contributed by atoms with Gasteiger partial charge >= 0.3 is 0 Å². The fourth-order valence-electron chi connectivity index (χ4n) is 1.68. The van der Waals surface area contributed by atoms with Gasteiger partial charge in [-0.1, -0.05) is 18.2 Å². The lowest BCUT2D eigenvalue weighted by Crippen LogP contribution is -2.17. The molecule has 0 aliphatic carbocycles. The van der Waals surface area contributed by atoms with Crippen molar-refractivity contribution < 1.29 is 21.6 Å². The summed E-state index contributed by atoms with van der Waals surface area (Å²) >= 11 is 0. The number of para-hydroxylation sites is 1. The SMILES string of the molecule is Nc1ccccc1CS(=O)(=O)Nc1ccc(F)c(F)c1F. The molecule has 0 atom stereocenters. The quantitative estimate of drug-likeness (QED) is 0.673. The Labute approximate surface area is 119 Å². The molecule has 2 aromatic rings. The molecule has 0 unspecified atom stereocenters. The number of hydrogen-bond donors (Lipinski definition) is 2. The first-order valence-corrected chi connectivity index (χ1v) is 7.43. The van der Waals surface area contributed by atoms with Crippen LogP contribution < -0.4 is 10.5 Å². The van der Waals surface area contributed by atoms with Crippen LogP contribution >= 0.6 is 0 Å². The monoisotopic (exact) mass is 316 g/mol. The summed E-state index contributed by atoms with van der Waals surface area (Å²) in [5, 5.41) is 0. The Bertz CT molecular complexity index is 779. The number of hydrogen-bond acceptors (Lipinski definition) is 3. The Morgan fingerprint density at radius 2 is 1.67 bits per heavy atom. The minimum Gasteiger partial charge on any atom is -0.398 e. The van der Waals surface area contributed by atoms with Crippen molar-refractivity contribution in [2.24, 2.45) is 0 Å². The topological polar surface area (TPSA) is 72.2 Å². The molecule has 0 spiro atoms. The molecule has 0 aliphatic heterocycles. The van der Waals surface area contributed by atoms with Crippen molar-refractivity contribution in [3.05, 3.63) is 59.4 Å². The van der Waals surface area contributed by atoms with Crippen molar-refractivity contribution in [1.82, 2.24) is 0 Å². The molecule has 0 heterocycles. The first kappa shape index (κ1) is 15.2. The standard InChI is InChI=1S/C13H11F3N2O2S/c14-9-5-6-11(13(16)12(9)15)18-21(19,20)7-8-3-1-2-4-10(8)17/h1-6,18H,7,17H2. The second-order valence-electron chi connectivity index (χ2n) is 4.28. The van der Waals surface area contributed by atoms with Crippen molar-refractivity contribution in [3.8, 4) is 0 Å². The molecule has 4 nitrogen and oxygen atoms in total. The lowest BCUT2D eigenvalue weighted by atomic mass is 10.2. The van der Waals surface area contributed by atoms with Crippen LogP contribution in [0, 0.1) is 17.5 Å². The van der Waals surface area contributed by atoms with Crippen molar-refractivity contribution >= 4 is 21.4 Å². The highest BCUT2D eigenvalue weighted by atomic mass is 32.2. The zero-order valence-electron chi connectivity index (χ0n) is 10.6. The summed E-state index contributed by atoms with van der Waals surface area (Å²) in [6.07, 6.45) is 0. The second-order valence-corrected chi connectivity index (χ2v) is 6.01. The Morgan fingerprint density at radius 3 is 2.33 bits per heavy atom. The van der Waals surface area contributed by atoms with Crippen LogP contribution in [0.5, 0.6) is 0 Å². The van der Waals surface area contributed by atoms with E-state index in [9.17, 15) is 21.6 Å². The molecule has 0 saturated carbocycles. The molecule has 0 saturated heterocycles. The van der Waals surface area contributed by atoms with E-state index in [1.807, 2.05) is 4.72 Å². The summed E-state index contributed by atoms with van der Waals surface area (Å²) in [7, 11) is -4.02. The number of anilines is 2. The number of nitrogens with two attached hydrogens (primary N) is 1. The number of nitrogen functional groups attached to an aromatic ring is 1. The van der Waals surface area contributed by atoms with Crippen LogP contribution in [0.2, 0.25) is 0 Å². The first-order valence-electron chi connectivity index (χ1n) is 5.77. The van der Waals surface area contributed by atoms with E-state index in [4.69, 9.17) is 5.73 Å². The first-order chi connectivity index (χ1) is 9.80. The maximum absolute atomic E-state index is 13.4. The van der Waals surface area contributed by atoms with E-state index in [-0.39, 0.29) is 5.69 Å². The fraction of sp³-hybridized carbons (Fsp3) is 0.0769. The highest BCUT2D eigenvalue weighted by Crippen LogP contribution is 2.22. The van der Waals surface area contributed by atoms with Crippen LogP contribution in [0.1, 0.15) is 5.56 Å². The van der Waals surface area contributed by atoms with Gasteiger partial charge in [-0.05, 0) is 23.8 Å². The molecule has 0 amide bonds. The van der Waals surface area contributed by atoms with Gasteiger partial charge in [0, 0.05) is 5.69 Å². The van der Waals surface area contributed by atoms with Gasteiger partial charge in [0.2, 0.25) is 10.0 Å². The van der Waals surface area contributed by atoms with E-state index in [0.717, 1.165) is 6.07 Å². The van der Waals surface area contributed by atoms with Crippen LogP contribution in [0.3, 0.4) is 0 Å². The van der Waals surface area contributed by atoms with Crippen molar-refractivity contribution in [3.63, 3.8) is 0 Å². The summed E-state index contributed by atoms with van der Waals surface area (Å²) in [6, 6.07) is 7.68. The van der Waals surface area contributed by atoms with Crippen LogP contribution in [0.4, 0.5) is 24.5 Å². The second kappa shape index (κ2) is 5.65. The largest absolute Gasteiger partial charge is 0.398 e. The minimum atomic E-state index is -4.02. The van der Waals surface area contributed by atoms with E-state index in [0.29, 0.717) is 11.6 Å². The maximum Gasteiger partial charge on any atom is 0.237 e. The Hall–Kier alpha value is -2.22. The van der Waals surface area contributed by atoms with Gasteiger partial charge in [0.25, 0.3) is 0 Å². The molecule has 0 aliphatic rings. The molecular weight excluding hydrogens is 305 g/mol. The number of halogens is 3. The van der Waals surface area contributed by atoms with E-state index in [1.165, 1.54) is 12.1 Å². The number of nitrogens with one attached hydrogen (secondary N) is 1. The van der Waals surface area contributed by atoms with Gasteiger partial charge in [-0.15, -0.1) is 0 Å². The van der Waals surface area contributed by atoms with E-state index in [2.05, 4.69) is 0 Å². The zero-order valence-corrected chi connectivity index (χ0v) is 11.4.